The number of imidazole rings is 1. The number of fused-ring (bicyclic) bond motifs is 5. The normalized spacial score (nSPS) is 15.0. The molecule has 9 rings (SSSR count). The van der Waals surface area contributed by atoms with Gasteiger partial charge in [0.05, 0.1) is 11.0 Å². The van der Waals surface area contributed by atoms with Crippen LogP contribution in [0, 0.1) is 0 Å². The summed E-state index contributed by atoms with van der Waals surface area (Å²) in [5, 5.41) is 3.68. The number of para-hydroxylation sites is 2. The first-order valence-electron chi connectivity index (χ1n) is 15.3. The van der Waals surface area contributed by atoms with Gasteiger partial charge in [0.1, 0.15) is 5.82 Å². The molecule has 7 heteroatoms. The average molecular weight is 607 g/mol. The van der Waals surface area contributed by atoms with E-state index < -0.39 is 8.24 Å². The smallest absolute Gasteiger partial charge is 0.261 e. The van der Waals surface area contributed by atoms with Crippen LogP contribution in [-0.2, 0) is 0 Å². The van der Waals surface area contributed by atoms with Crippen LogP contribution < -0.4 is 15.6 Å². The van der Waals surface area contributed by atoms with Gasteiger partial charge in [0.15, 0.2) is 17.5 Å². The third kappa shape index (κ3) is 3.99. The zero-order valence-electron chi connectivity index (χ0n) is 24.7. The fraction of sp³-hybridized carbons (Fsp3) is 0. The van der Waals surface area contributed by atoms with E-state index in [1.54, 1.807) is 0 Å². The molecular formula is C39H26N6Si. The molecule has 0 saturated heterocycles. The number of rotatable bonds is 5. The van der Waals surface area contributed by atoms with E-state index in [1.807, 2.05) is 73.1 Å². The Kier molecular flexibility index (Phi) is 6.04. The molecule has 0 amide bonds. The maximum Gasteiger partial charge on any atom is 0.261 e. The van der Waals surface area contributed by atoms with Crippen LogP contribution in [0.2, 0.25) is 0 Å². The van der Waals surface area contributed by atoms with E-state index in [0.717, 1.165) is 44.3 Å². The fourth-order valence-corrected chi connectivity index (χ4v) is 11.7. The Morgan fingerprint density at radius 3 is 1.72 bits per heavy atom. The second kappa shape index (κ2) is 10.5. The van der Waals surface area contributed by atoms with Crippen molar-refractivity contribution < 1.29 is 0 Å². The number of hydrogen-bond acceptors (Lipinski definition) is 5. The zero-order valence-corrected chi connectivity index (χ0v) is 25.7. The lowest BCUT2D eigenvalue weighted by Gasteiger charge is -2.32. The lowest BCUT2D eigenvalue weighted by molar-refractivity contribution is 1.07. The Hall–Kier alpha value is -6.05. The van der Waals surface area contributed by atoms with Crippen molar-refractivity contribution in [2.24, 2.45) is 0 Å². The van der Waals surface area contributed by atoms with Crippen LogP contribution in [0.4, 0.5) is 0 Å². The highest BCUT2D eigenvalue weighted by Crippen LogP contribution is 2.35. The number of nitrogens with zero attached hydrogens (tertiary/aromatic N) is 6. The van der Waals surface area contributed by atoms with Gasteiger partial charge in [0, 0.05) is 34.6 Å². The first kappa shape index (κ1) is 26.4. The number of pyridine rings is 1. The van der Waals surface area contributed by atoms with Crippen LogP contribution in [0.1, 0.15) is 0 Å². The summed E-state index contributed by atoms with van der Waals surface area (Å²) < 4.78 is 2.52. The highest BCUT2D eigenvalue weighted by Gasteiger charge is 2.51. The van der Waals surface area contributed by atoms with E-state index in [9.17, 15) is 0 Å². The van der Waals surface area contributed by atoms with E-state index in [2.05, 4.69) is 89.2 Å². The molecule has 0 fully saturated rings. The Labute approximate surface area is 266 Å². The highest BCUT2D eigenvalue weighted by molar-refractivity contribution is 7.12. The lowest BCUT2D eigenvalue weighted by atomic mass is 10.1. The van der Waals surface area contributed by atoms with Gasteiger partial charge >= 0.3 is 0 Å². The summed E-state index contributed by atoms with van der Waals surface area (Å²) in [7, 11) is -2.94. The highest BCUT2D eigenvalue weighted by atomic mass is 28.3. The topological polar surface area (TPSA) is 69.4 Å². The van der Waals surface area contributed by atoms with E-state index in [1.165, 1.54) is 10.4 Å². The monoisotopic (exact) mass is 606 g/mol. The van der Waals surface area contributed by atoms with Crippen molar-refractivity contribution in [1.82, 2.24) is 29.2 Å². The predicted octanol–water partition coefficient (Wildman–Crippen LogP) is 6.11. The first-order chi connectivity index (χ1) is 22.8. The molecule has 6 nitrogen and oxygen atoms in total. The molecule has 0 aliphatic carbocycles. The maximum atomic E-state index is 5.20. The third-order valence-electron chi connectivity index (χ3n) is 8.76. The molecule has 3 aromatic heterocycles. The minimum absolute atomic E-state index is 0.585. The van der Waals surface area contributed by atoms with Crippen LogP contribution in [0.15, 0.2) is 158 Å². The van der Waals surface area contributed by atoms with E-state index in [4.69, 9.17) is 24.9 Å². The van der Waals surface area contributed by atoms with Crippen LogP contribution in [0.5, 0.6) is 0 Å². The van der Waals surface area contributed by atoms with Crippen LogP contribution in [0.25, 0.3) is 56.6 Å². The van der Waals surface area contributed by atoms with Gasteiger partial charge in [0.2, 0.25) is 0 Å². The van der Waals surface area contributed by atoms with Gasteiger partial charge in [-0.25, -0.2) is 19.9 Å². The van der Waals surface area contributed by atoms with Crippen molar-refractivity contribution in [2.75, 3.05) is 0 Å². The Bertz CT molecular complexity index is 2320. The summed E-state index contributed by atoms with van der Waals surface area (Å²) in [6.07, 6.45) is 3.89. The molecule has 46 heavy (non-hydrogen) atoms. The molecular weight excluding hydrogens is 581 g/mol. The molecule has 1 unspecified atom stereocenters. The Morgan fingerprint density at radius 2 is 1.02 bits per heavy atom. The molecule has 0 spiro atoms. The molecule has 8 aromatic rings. The lowest BCUT2D eigenvalue weighted by Crippen LogP contribution is -2.70. The second-order valence-electron chi connectivity index (χ2n) is 11.4. The molecule has 0 radical (unpaired) electrons. The van der Waals surface area contributed by atoms with Gasteiger partial charge < -0.3 is 4.23 Å². The van der Waals surface area contributed by atoms with Crippen molar-refractivity contribution >= 4 is 34.8 Å². The number of benzene rings is 5. The summed E-state index contributed by atoms with van der Waals surface area (Å²) in [5.74, 6) is 2.83. The first-order valence-corrected chi connectivity index (χ1v) is 17.2. The van der Waals surface area contributed by atoms with E-state index in [0.29, 0.717) is 17.5 Å². The summed E-state index contributed by atoms with van der Waals surface area (Å²) in [5.41, 5.74) is 5.97. The maximum absolute atomic E-state index is 5.20. The van der Waals surface area contributed by atoms with Gasteiger partial charge in [-0.1, -0.05) is 127 Å². The average Bonchev–Trinajstić information content (AvgIpc) is 3.66. The molecule has 1 atom stereocenters. The fourth-order valence-electron chi connectivity index (χ4n) is 6.77. The molecule has 1 aliphatic heterocycles. The second-order valence-corrected chi connectivity index (χ2v) is 14.9. The van der Waals surface area contributed by atoms with Crippen LogP contribution in [0.3, 0.4) is 0 Å². The number of aromatic nitrogens is 6. The summed E-state index contributed by atoms with van der Waals surface area (Å²) in [6, 6.07) is 50.4. The zero-order chi connectivity index (χ0) is 30.5. The Morgan fingerprint density at radius 1 is 0.457 bits per heavy atom. The van der Waals surface area contributed by atoms with Crippen molar-refractivity contribution in [2.45, 2.75) is 0 Å². The largest absolute Gasteiger partial charge is 0.339 e. The van der Waals surface area contributed by atoms with Gasteiger partial charge in [-0.2, -0.15) is 0 Å². The summed E-state index contributed by atoms with van der Waals surface area (Å²) in [4.78, 5) is 25.0. The molecule has 4 heterocycles. The van der Waals surface area contributed by atoms with Gasteiger partial charge in [-0.05, 0) is 33.8 Å². The number of hydrogen-bond donors (Lipinski definition) is 0. The summed E-state index contributed by atoms with van der Waals surface area (Å²) >= 11 is 0. The van der Waals surface area contributed by atoms with Crippen LogP contribution >= 0.6 is 0 Å². The summed E-state index contributed by atoms with van der Waals surface area (Å²) in [6.45, 7) is 0. The molecule has 0 bridgehead atoms. The minimum atomic E-state index is -2.94. The molecule has 5 aromatic carbocycles. The van der Waals surface area contributed by atoms with E-state index >= 15 is 0 Å². The van der Waals surface area contributed by atoms with Crippen molar-refractivity contribution in [3.05, 3.63) is 158 Å². The van der Waals surface area contributed by atoms with Crippen molar-refractivity contribution in [3.8, 4) is 45.6 Å². The molecule has 216 valence electrons. The van der Waals surface area contributed by atoms with Crippen molar-refractivity contribution in [3.63, 3.8) is 0 Å². The predicted molar refractivity (Wildman–Crippen MR) is 186 cm³/mol. The van der Waals surface area contributed by atoms with Gasteiger partial charge in [-0.15, -0.1) is 0 Å². The minimum Gasteiger partial charge on any atom is -0.339 e. The van der Waals surface area contributed by atoms with Crippen LogP contribution in [-0.4, -0.2) is 37.4 Å². The third-order valence-corrected chi connectivity index (χ3v) is 13.4. The molecule has 0 saturated carbocycles. The molecule has 1 aliphatic rings. The van der Waals surface area contributed by atoms with Crippen molar-refractivity contribution in [1.29, 1.82) is 0 Å². The van der Waals surface area contributed by atoms with E-state index in [-0.39, 0.29) is 0 Å². The SMILES string of the molecule is c1ccc(-c2nc(-c3ccccc3)nc(-c3cncc([Si]4(c5ccccc5)c5ccccc5-c5nc6ccccc6n54)c3)n2)cc1. The van der Waals surface area contributed by atoms with Gasteiger partial charge in [0.25, 0.3) is 8.24 Å². The van der Waals surface area contributed by atoms with Gasteiger partial charge in [-0.3, -0.25) is 4.98 Å². The standard InChI is InChI=1S/C39H26N6Si/c1-4-14-27(15-5-1)36-42-37(28-16-6-2-7-17-28)44-38(43-36)29-24-31(26-40-25-29)46(30-18-8-3-9-19-30)35-23-13-10-20-32(35)39-41-33-21-11-12-22-34(33)45(39)46/h1-26H. The quantitative estimate of drug-likeness (QED) is 0.221. The molecule has 0 N–H and O–H groups in total. The Balaban J connectivity index is 1.33.